The van der Waals surface area contributed by atoms with Crippen molar-refractivity contribution in [1.82, 2.24) is 0 Å². The molecule has 1 aliphatic heterocycles. The molecule has 0 aromatic carbocycles. The fraction of sp³-hybridized carbons (Fsp3) is 1.00. The Labute approximate surface area is 117 Å². The van der Waals surface area contributed by atoms with Crippen LogP contribution in [-0.4, -0.2) is 30.2 Å². The molecule has 2 fully saturated rings. The third-order valence-corrected chi connectivity index (χ3v) is 4.98. The molecule has 2 rings (SSSR count). The van der Waals surface area contributed by atoms with E-state index in [1.165, 1.54) is 19.3 Å². The predicted octanol–water partition coefficient (Wildman–Crippen LogP) is 3.50. The molecule has 1 N–H and O–H groups in total. The fourth-order valence-corrected chi connectivity index (χ4v) is 3.66. The highest BCUT2D eigenvalue weighted by Crippen LogP contribution is 2.39. The Bertz CT molecular complexity index is 251. The topological polar surface area (TPSA) is 38.7 Å². The molecule has 1 saturated carbocycles. The zero-order chi connectivity index (χ0) is 13.7. The zero-order valence-electron chi connectivity index (χ0n) is 12.6. The van der Waals surface area contributed by atoms with Gasteiger partial charge in [-0.1, -0.05) is 26.7 Å². The summed E-state index contributed by atoms with van der Waals surface area (Å²) in [5.41, 5.74) is 0. The highest BCUT2D eigenvalue weighted by atomic mass is 16.7. The Hall–Kier alpha value is -0.120. The first-order chi connectivity index (χ1) is 9.17. The highest BCUT2D eigenvalue weighted by molar-refractivity contribution is 4.85. The lowest BCUT2D eigenvalue weighted by Gasteiger charge is -2.30. The van der Waals surface area contributed by atoms with E-state index in [9.17, 15) is 5.11 Å². The minimum absolute atomic E-state index is 0.107. The van der Waals surface area contributed by atoms with Crippen molar-refractivity contribution in [3.63, 3.8) is 0 Å². The maximum atomic E-state index is 10.0. The van der Waals surface area contributed by atoms with Crippen molar-refractivity contribution in [3.05, 3.63) is 0 Å². The molecule has 1 heterocycles. The van der Waals surface area contributed by atoms with Gasteiger partial charge in [0.05, 0.1) is 19.3 Å². The number of ether oxygens (including phenoxy) is 2. The third-order valence-electron chi connectivity index (χ3n) is 4.98. The molecular weight excluding hydrogens is 240 g/mol. The van der Waals surface area contributed by atoms with Crippen molar-refractivity contribution >= 4 is 0 Å². The van der Waals surface area contributed by atoms with E-state index in [1.807, 2.05) is 0 Å². The summed E-state index contributed by atoms with van der Waals surface area (Å²) < 4.78 is 11.8. The van der Waals surface area contributed by atoms with Gasteiger partial charge in [0.25, 0.3) is 0 Å². The van der Waals surface area contributed by atoms with Crippen LogP contribution in [0.1, 0.15) is 65.2 Å². The van der Waals surface area contributed by atoms with Gasteiger partial charge in [-0.05, 0) is 37.5 Å². The summed E-state index contributed by atoms with van der Waals surface area (Å²) in [5, 5.41) is 10.0. The standard InChI is InChI=1S/C16H30O3/c1-3-4-5-9-16(18-11-12-19-16)10-8-14-13(2)6-7-15(14)17/h13-15,17H,3-12H2,1-2H3/t13?,14-,15+/m1/s1. The molecule has 3 atom stereocenters. The molecule has 1 aliphatic carbocycles. The van der Waals surface area contributed by atoms with Crippen LogP contribution in [0.5, 0.6) is 0 Å². The number of hydrogen-bond donors (Lipinski definition) is 1. The summed E-state index contributed by atoms with van der Waals surface area (Å²) in [6, 6.07) is 0. The molecule has 112 valence electrons. The average molecular weight is 270 g/mol. The van der Waals surface area contributed by atoms with E-state index < -0.39 is 0 Å². The Morgan fingerprint density at radius 1 is 1.11 bits per heavy atom. The SMILES string of the molecule is CCCCCC1(CC[C@@H]2C(C)CC[C@@H]2O)OCCO1. The fourth-order valence-electron chi connectivity index (χ4n) is 3.66. The van der Waals surface area contributed by atoms with Crippen LogP contribution in [0.25, 0.3) is 0 Å². The van der Waals surface area contributed by atoms with Crippen LogP contribution in [0.15, 0.2) is 0 Å². The Kier molecular flexibility index (Phi) is 5.67. The van der Waals surface area contributed by atoms with Crippen molar-refractivity contribution in [3.8, 4) is 0 Å². The molecule has 2 aliphatic rings. The second-order valence-electron chi connectivity index (χ2n) is 6.39. The zero-order valence-corrected chi connectivity index (χ0v) is 12.6. The van der Waals surface area contributed by atoms with E-state index in [0.29, 0.717) is 11.8 Å². The van der Waals surface area contributed by atoms with E-state index in [1.54, 1.807) is 0 Å². The molecule has 3 heteroatoms. The van der Waals surface area contributed by atoms with Crippen molar-refractivity contribution in [2.75, 3.05) is 13.2 Å². The third kappa shape index (κ3) is 3.93. The van der Waals surface area contributed by atoms with E-state index in [-0.39, 0.29) is 11.9 Å². The van der Waals surface area contributed by atoms with E-state index in [2.05, 4.69) is 13.8 Å². The molecule has 0 amide bonds. The van der Waals surface area contributed by atoms with Gasteiger partial charge in [-0.25, -0.2) is 0 Å². The Balaban J connectivity index is 1.82. The molecule has 1 saturated heterocycles. The summed E-state index contributed by atoms with van der Waals surface area (Å²) >= 11 is 0. The molecule has 0 bridgehead atoms. The van der Waals surface area contributed by atoms with Gasteiger partial charge in [-0.3, -0.25) is 0 Å². The summed E-state index contributed by atoms with van der Waals surface area (Å²) in [6.45, 7) is 5.95. The largest absolute Gasteiger partial charge is 0.393 e. The van der Waals surface area contributed by atoms with Crippen LogP contribution in [0.2, 0.25) is 0 Å². The van der Waals surface area contributed by atoms with Gasteiger partial charge < -0.3 is 14.6 Å². The lowest BCUT2D eigenvalue weighted by atomic mass is 9.88. The average Bonchev–Trinajstić information content (AvgIpc) is 2.97. The van der Waals surface area contributed by atoms with Crippen LogP contribution in [0.3, 0.4) is 0 Å². The van der Waals surface area contributed by atoms with E-state index >= 15 is 0 Å². The lowest BCUT2D eigenvalue weighted by Crippen LogP contribution is -2.32. The van der Waals surface area contributed by atoms with Crippen LogP contribution in [-0.2, 0) is 9.47 Å². The summed E-state index contributed by atoms with van der Waals surface area (Å²) in [4.78, 5) is 0. The van der Waals surface area contributed by atoms with Gasteiger partial charge in [0, 0.05) is 12.8 Å². The van der Waals surface area contributed by atoms with Gasteiger partial charge in [0.15, 0.2) is 5.79 Å². The van der Waals surface area contributed by atoms with Gasteiger partial charge in [-0.2, -0.15) is 0 Å². The molecule has 0 aromatic heterocycles. The quantitative estimate of drug-likeness (QED) is 0.720. The number of rotatable bonds is 7. The Morgan fingerprint density at radius 2 is 1.84 bits per heavy atom. The lowest BCUT2D eigenvalue weighted by molar-refractivity contribution is -0.171. The number of hydrogen-bond acceptors (Lipinski definition) is 3. The van der Waals surface area contributed by atoms with Crippen molar-refractivity contribution in [2.24, 2.45) is 11.8 Å². The van der Waals surface area contributed by atoms with Crippen molar-refractivity contribution in [2.45, 2.75) is 77.1 Å². The minimum atomic E-state index is -0.336. The van der Waals surface area contributed by atoms with Gasteiger partial charge in [0.1, 0.15) is 0 Å². The number of aliphatic hydroxyl groups is 1. The number of aliphatic hydroxyl groups excluding tert-OH is 1. The van der Waals surface area contributed by atoms with Gasteiger partial charge in [-0.15, -0.1) is 0 Å². The van der Waals surface area contributed by atoms with Crippen LogP contribution in [0, 0.1) is 11.8 Å². The first-order valence-electron chi connectivity index (χ1n) is 8.13. The van der Waals surface area contributed by atoms with Gasteiger partial charge in [0.2, 0.25) is 0 Å². The second kappa shape index (κ2) is 7.05. The molecular formula is C16H30O3. The molecule has 3 nitrogen and oxygen atoms in total. The Morgan fingerprint density at radius 3 is 2.42 bits per heavy atom. The molecule has 1 unspecified atom stereocenters. The molecule has 0 radical (unpaired) electrons. The van der Waals surface area contributed by atoms with Crippen LogP contribution >= 0.6 is 0 Å². The first-order valence-corrected chi connectivity index (χ1v) is 8.13. The maximum Gasteiger partial charge on any atom is 0.168 e. The monoisotopic (exact) mass is 270 g/mol. The first kappa shape index (κ1) is 15.3. The summed E-state index contributed by atoms with van der Waals surface area (Å²) in [7, 11) is 0. The molecule has 0 spiro atoms. The van der Waals surface area contributed by atoms with Crippen molar-refractivity contribution < 1.29 is 14.6 Å². The summed E-state index contributed by atoms with van der Waals surface area (Å²) in [5.74, 6) is 0.747. The second-order valence-corrected chi connectivity index (χ2v) is 6.39. The van der Waals surface area contributed by atoms with E-state index in [0.717, 1.165) is 45.3 Å². The number of unbranched alkanes of at least 4 members (excludes halogenated alkanes) is 2. The normalized spacial score (nSPS) is 33.9. The van der Waals surface area contributed by atoms with Crippen molar-refractivity contribution in [1.29, 1.82) is 0 Å². The van der Waals surface area contributed by atoms with Crippen LogP contribution < -0.4 is 0 Å². The van der Waals surface area contributed by atoms with E-state index in [4.69, 9.17) is 9.47 Å². The van der Waals surface area contributed by atoms with Gasteiger partial charge >= 0.3 is 0 Å². The molecule has 19 heavy (non-hydrogen) atoms. The maximum absolute atomic E-state index is 10.0. The summed E-state index contributed by atoms with van der Waals surface area (Å²) in [6.07, 6.45) is 8.68. The smallest absolute Gasteiger partial charge is 0.168 e. The van der Waals surface area contributed by atoms with Crippen LogP contribution in [0.4, 0.5) is 0 Å². The minimum Gasteiger partial charge on any atom is -0.393 e. The highest BCUT2D eigenvalue weighted by Gasteiger charge is 2.39. The predicted molar refractivity (Wildman–Crippen MR) is 75.9 cm³/mol. The molecule has 0 aromatic rings.